The third-order valence-electron chi connectivity index (χ3n) is 5.10. The topological polar surface area (TPSA) is 60.9 Å². The van der Waals surface area contributed by atoms with Crippen molar-refractivity contribution in [2.75, 3.05) is 40.0 Å². The minimum Gasteiger partial charge on any atom is -0.480 e. The first-order valence-corrected chi connectivity index (χ1v) is 8.79. The fraction of sp³-hybridized carbons (Fsp3) is 0.579. The summed E-state index contributed by atoms with van der Waals surface area (Å²) in [5.74, 6) is 0.323. The molecule has 25 heavy (non-hydrogen) atoms. The van der Waals surface area contributed by atoms with Crippen molar-refractivity contribution < 1.29 is 19.0 Å². The first kappa shape index (κ1) is 17.9. The molecule has 1 amide bonds. The number of rotatable bonds is 6. The zero-order valence-corrected chi connectivity index (χ0v) is 14.8. The molecule has 2 aliphatic heterocycles. The predicted molar refractivity (Wildman–Crippen MR) is 93.7 cm³/mol. The summed E-state index contributed by atoms with van der Waals surface area (Å²) in [7, 11) is 1.53. The van der Waals surface area contributed by atoms with E-state index in [4.69, 9.17) is 14.2 Å². The average molecular weight is 346 g/mol. The van der Waals surface area contributed by atoms with Crippen LogP contribution in [0.15, 0.2) is 31.0 Å². The number of likely N-dealkylation sites (tertiary alicyclic amines) is 1. The largest absolute Gasteiger partial charge is 0.480 e. The Morgan fingerprint density at radius 1 is 1.60 bits per heavy atom. The van der Waals surface area contributed by atoms with Crippen LogP contribution in [0.25, 0.3) is 0 Å². The van der Waals surface area contributed by atoms with E-state index >= 15 is 0 Å². The molecule has 0 aliphatic carbocycles. The van der Waals surface area contributed by atoms with Gasteiger partial charge >= 0.3 is 0 Å². The Morgan fingerprint density at radius 2 is 2.48 bits per heavy atom. The molecule has 2 atom stereocenters. The van der Waals surface area contributed by atoms with E-state index in [0.29, 0.717) is 37.7 Å². The van der Waals surface area contributed by atoms with E-state index in [9.17, 15) is 4.79 Å². The highest BCUT2D eigenvalue weighted by atomic mass is 16.5. The van der Waals surface area contributed by atoms with Crippen LogP contribution in [0, 0.1) is 5.41 Å². The van der Waals surface area contributed by atoms with Crippen molar-refractivity contribution in [2.24, 2.45) is 5.41 Å². The van der Waals surface area contributed by atoms with Crippen LogP contribution in [0.4, 0.5) is 0 Å². The van der Waals surface area contributed by atoms with E-state index < -0.39 is 0 Å². The second-order valence-electron chi connectivity index (χ2n) is 6.70. The van der Waals surface area contributed by atoms with Gasteiger partial charge in [0.2, 0.25) is 5.88 Å². The Balaban J connectivity index is 1.79. The SMILES string of the molecule is C=CCOCC12CCCOC1CCN(C(=O)c1cccnc1OC)C2. The zero-order chi connectivity index (χ0) is 17.7. The predicted octanol–water partition coefficient (Wildman–Crippen LogP) is 2.30. The van der Waals surface area contributed by atoms with Gasteiger partial charge in [-0.3, -0.25) is 4.79 Å². The summed E-state index contributed by atoms with van der Waals surface area (Å²) in [6.45, 7) is 6.89. The number of amides is 1. The van der Waals surface area contributed by atoms with Gasteiger partial charge in [0.15, 0.2) is 0 Å². The lowest BCUT2D eigenvalue weighted by Gasteiger charge is -2.50. The van der Waals surface area contributed by atoms with Gasteiger partial charge in [-0.15, -0.1) is 6.58 Å². The molecule has 6 heteroatoms. The number of ether oxygens (including phenoxy) is 3. The number of hydrogen-bond donors (Lipinski definition) is 0. The van der Waals surface area contributed by atoms with Crippen molar-refractivity contribution in [1.82, 2.24) is 9.88 Å². The molecule has 0 saturated carbocycles. The van der Waals surface area contributed by atoms with Gasteiger partial charge in [-0.1, -0.05) is 6.08 Å². The summed E-state index contributed by atoms with van der Waals surface area (Å²) in [4.78, 5) is 19.1. The number of fused-ring (bicyclic) bond motifs is 1. The van der Waals surface area contributed by atoms with E-state index in [1.54, 1.807) is 24.4 Å². The maximum Gasteiger partial charge on any atom is 0.259 e. The Kier molecular flexibility index (Phi) is 5.71. The number of carbonyl (C=O) groups is 1. The van der Waals surface area contributed by atoms with Crippen LogP contribution in [0.2, 0.25) is 0 Å². The van der Waals surface area contributed by atoms with Crippen LogP contribution in [0.5, 0.6) is 5.88 Å². The van der Waals surface area contributed by atoms with Crippen LogP contribution in [-0.4, -0.2) is 61.9 Å². The molecule has 0 N–H and O–H groups in total. The molecule has 2 saturated heterocycles. The van der Waals surface area contributed by atoms with Gasteiger partial charge in [0.1, 0.15) is 5.56 Å². The molecule has 3 heterocycles. The number of hydrogen-bond acceptors (Lipinski definition) is 5. The van der Waals surface area contributed by atoms with Crippen LogP contribution in [0.1, 0.15) is 29.6 Å². The summed E-state index contributed by atoms with van der Waals surface area (Å²) in [6.07, 6.45) is 6.34. The molecule has 0 radical (unpaired) electrons. The molecule has 2 aliphatic rings. The monoisotopic (exact) mass is 346 g/mol. The molecule has 0 bridgehead atoms. The minimum atomic E-state index is -0.148. The van der Waals surface area contributed by atoms with Gasteiger partial charge in [0.25, 0.3) is 5.91 Å². The van der Waals surface area contributed by atoms with E-state index in [-0.39, 0.29) is 17.4 Å². The van der Waals surface area contributed by atoms with Crippen LogP contribution in [-0.2, 0) is 9.47 Å². The first-order valence-electron chi connectivity index (χ1n) is 8.79. The fourth-order valence-corrected chi connectivity index (χ4v) is 3.91. The normalized spacial score (nSPS) is 26.0. The van der Waals surface area contributed by atoms with E-state index in [0.717, 1.165) is 25.9 Å². The average Bonchev–Trinajstić information content (AvgIpc) is 2.67. The van der Waals surface area contributed by atoms with E-state index in [2.05, 4.69) is 11.6 Å². The Hall–Kier alpha value is -1.92. The molecule has 2 unspecified atom stereocenters. The highest BCUT2D eigenvalue weighted by Crippen LogP contribution is 2.41. The van der Waals surface area contributed by atoms with Gasteiger partial charge in [0, 0.05) is 31.3 Å². The summed E-state index contributed by atoms with van der Waals surface area (Å²) in [6, 6.07) is 3.52. The van der Waals surface area contributed by atoms with Crippen LogP contribution in [0.3, 0.4) is 0 Å². The lowest BCUT2D eigenvalue weighted by molar-refractivity contribution is -0.144. The number of methoxy groups -OCH3 is 1. The molecule has 6 nitrogen and oxygen atoms in total. The van der Waals surface area contributed by atoms with Gasteiger partial charge in [0.05, 0.1) is 26.4 Å². The van der Waals surface area contributed by atoms with Gasteiger partial charge < -0.3 is 19.1 Å². The molecule has 136 valence electrons. The molecular formula is C19H26N2O4. The molecule has 0 spiro atoms. The first-order chi connectivity index (χ1) is 12.2. The zero-order valence-electron chi connectivity index (χ0n) is 14.8. The summed E-state index contributed by atoms with van der Waals surface area (Å²) >= 11 is 0. The summed E-state index contributed by atoms with van der Waals surface area (Å²) in [5, 5.41) is 0. The number of carbonyl (C=O) groups excluding carboxylic acids is 1. The highest BCUT2D eigenvalue weighted by molar-refractivity contribution is 5.96. The van der Waals surface area contributed by atoms with Gasteiger partial charge in [-0.25, -0.2) is 4.98 Å². The van der Waals surface area contributed by atoms with Crippen molar-refractivity contribution in [3.63, 3.8) is 0 Å². The summed E-state index contributed by atoms with van der Waals surface area (Å²) in [5.41, 5.74) is 0.354. The van der Waals surface area contributed by atoms with Crippen LogP contribution < -0.4 is 4.74 Å². The minimum absolute atomic E-state index is 0.0444. The molecule has 3 rings (SSSR count). The second-order valence-corrected chi connectivity index (χ2v) is 6.70. The lowest BCUT2D eigenvalue weighted by Crippen LogP contribution is -2.58. The van der Waals surface area contributed by atoms with Crippen molar-refractivity contribution in [1.29, 1.82) is 0 Å². The molecular weight excluding hydrogens is 320 g/mol. The third kappa shape index (κ3) is 3.70. The second kappa shape index (κ2) is 7.97. The molecule has 0 aromatic carbocycles. The molecule has 1 aromatic heterocycles. The van der Waals surface area contributed by atoms with Gasteiger partial charge in [-0.05, 0) is 31.4 Å². The Morgan fingerprint density at radius 3 is 3.28 bits per heavy atom. The van der Waals surface area contributed by atoms with Crippen molar-refractivity contribution in [2.45, 2.75) is 25.4 Å². The highest BCUT2D eigenvalue weighted by Gasteiger charge is 2.47. The Labute approximate surface area is 148 Å². The van der Waals surface area contributed by atoms with Crippen molar-refractivity contribution >= 4 is 5.91 Å². The number of piperidine rings is 1. The summed E-state index contributed by atoms with van der Waals surface area (Å²) < 4.78 is 17.1. The number of aromatic nitrogens is 1. The fourth-order valence-electron chi connectivity index (χ4n) is 3.91. The maximum absolute atomic E-state index is 13.0. The quantitative estimate of drug-likeness (QED) is 0.584. The molecule has 2 fully saturated rings. The number of nitrogens with zero attached hydrogens (tertiary/aromatic N) is 2. The lowest BCUT2D eigenvalue weighted by atomic mass is 9.73. The molecule has 1 aromatic rings. The number of pyridine rings is 1. The Bertz CT molecular complexity index is 621. The van der Waals surface area contributed by atoms with E-state index in [1.165, 1.54) is 7.11 Å². The van der Waals surface area contributed by atoms with Crippen molar-refractivity contribution in [3.8, 4) is 5.88 Å². The maximum atomic E-state index is 13.0. The van der Waals surface area contributed by atoms with Gasteiger partial charge in [-0.2, -0.15) is 0 Å². The van der Waals surface area contributed by atoms with Crippen LogP contribution >= 0.6 is 0 Å². The third-order valence-corrected chi connectivity index (χ3v) is 5.10. The standard InChI is InChI=1S/C19H26N2O4/c1-3-11-24-14-19-8-5-12-25-16(19)7-10-21(13-19)18(22)15-6-4-9-20-17(15)23-2/h3-4,6,9,16H,1,5,7-8,10-14H2,2H3. The smallest absolute Gasteiger partial charge is 0.259 e. The van der Waals surface area contributed by atoms with Crippen molar-refractivity contribution in [3.05, 3.63) is 36.5 Å². The van der Waals surface area contributed by atoms with E-state index in [1.807, 2.05) is 4.90 Å².